The third kappa shape index (κ3) is 3.66. The summed E-state index contributed by atoms with van der Waals surface area (Å²) in [6, 6.07) is 6.29. The summed E-state index contributed by atoms with van der Waals surface area (Å²) in [7, 11) is 0. The van der Waals surface area contributed by atoms with Crippen LogP contribution >= 0.6 is 0 Å². The first-order valence-electron chi connectivity index (χ1n) is 7.16. The van der Waals surface area contributed by atoms with Crippen LogP contribution in [0.4, 0.5) is 10.1 Å². The zero-order valence-electron chi connectivity index (χ0n) is 12.8. The molecule has 0 atom stereocenters. The number of aromatic nitrogens is 4. The summed E-state index contributed by atoms with van der Waals surface area (Å²) in [4.78, 5) is 30.6. The summed E-state index contributed by atoms with van der Waals surface area (Å²) in [5, 5.41) is 15.6. The molecule has 9 heteroatoms. The van der Waals surface area contributed by atoms with E-state index in [1.807, 2.05) is 0 Å². The van der Waals surface area contributed by atoms with Crippen LogP contribution in [0.25, 0.3) is 0 Å². The van der Waals surface area contributed by atoms with Crippen LogP contribution in [0.2, 0.25) is 0 Å². The zero-order valence-corrected chi connectivity index (χ0v) is 12.8. The summed E-state index contributed by atoms with van der Waals surface area (Å²) in [6.45, 7) is 0.189. The second kappa shape index (κ2) is 6.87. The lowest BCUT2D eigenvalue weighted by atomic mass is 10.2. The average Bonchev–Trinajstić information content (AvgIpc) is 3.04. The fraction of sp³-hybridized carbons (Fsp3) is 0.0625. The number of nitrogens with one attached hydrogen (secondary N) is 1. The van der Waals surface area contributed by atoms with Crippen molar-refractivity contribution in [3.05, 3.63) is 71.8 Å². The number of hydrogen-bond acceptors (Lipinski definition) is 5. The first-order chi connectivity index (χ1) is 12.0. The summed E-state index contributed by atoms with van der Waals surface area (Å²) in [5.41, 5.74) is 0.0181. The molecule has 0 unspecified atom stereocenters. The van der Waals surface area contributed by atoms with E-state index in [0.717, 1.165) is 0 Å². The Hall–Kier alpha value is -3.62. The van der Waals surface area contributed by atoms with Crippen molar-refractivity contribution < 1.29 is 19.1 Å². The maximum atomic E-state index is 13.7. The predicted molar refractivity (Wildman–Crippen MR) is 84.7 cm³/mol. The van der Waals surface area contributed by atoms with E-state index in [4.69, 9.17) is 5.11 Å². The van der Waals surface area contributed by atoms with Gasteiger partial charge >= 0.3 is 5.97 Å². The number of hydrogen-bond donors (Lipinski definition) is 2. The first kappa shape index (κ1) is 16.2. The fourth-order valence-electron chi connectivity index (χ4n) is 2.17. The van der Waals surface area contributed by atoms with Crippen LogP contribution in [0.15, 0.2) is 49.1 Å². The average molecular weight is 341 g/mol. The van der Waals surface area contributed by atoms with Gasteiger partial charge in [-0.15, -0.1) is 0 Å². The van der Waals surface area contributed by atoms with Gasteiger partial charge in [-0.3, -0.25) is 9.48 Å². The van der Waals surface area contributed by atoms with Gasteiger partial charge in [0.15, 0.2) is 11.4 Å². The molecule has 0 aliphatic carbocycles. The maximum absolute atomic E-state index is 13.7. The van der Waals surface area contributed by atoms with Gasteiger partial charge in [0.1, 0.15) is 5.82 Å². The van der Waals surface area contributed by atoms with Gasteiger partial charge in [0.05, 0.1) is 18.4 Å². The Labute approximate surface area is 141 Å². The van der Waals surface area contributed by atoms with E-state index in [0.29, 0.717) is 11.3 Å². The molecule has 0 bridgehead atoms. The van der Waals surface area contributed by atoms with Crippen LogP contribution in [0, 0.1) is 5.82 Å². The van der Waals surface area contributed by atoms with Crippen molar-refractivity contribution in [1.82, 2.24) is 19.7 Å². The molecule has 8 nitrogen and oxygen atoms in total. The molecule has 2 heterocycles. The number of carbonyl (C=O) groups excluding carboxylic acids is 1. The van der Waals surface area contributed by atoms with Crippen molar-refractivity contribution in [1.29, 1.82) is 0 Å². The van der Waals surface area contributed by atoms with E-state index in [1.54, 1.807) is 18.2 Å². The van der Waals surface area contributed by atoms with Gasteiger partial charge < -0.3 is 10.4 Å². The molecular weight excluding hydrogens is 329 g/mol. The van der Waals surface area contributed by atoms with E-state index in [-0.39, 0.29) is 18.1 Å². The number of anilines is 1. The molecule has 0 spiro atoms. The van der Waals surface area contributed by atoms with Gasteiger partial charge in [0.25, 0.3) is 5.91 Å². The van der Waals surface area contributed by atoms with Gasteiger partial charge in [0.2, 0.25) is 0 Å². The molecule has 3 rings (SSSR count). The van der Waals surface area contributed by atoms with Crippen molar-refractivity contribution >= 4 is 17.6 Å². The van der Waals surface area contributed by atoms with Gasteiger partial charge in [-0.1, -0.05) is 18.2 Å². The normalized spacial score (nSPS) is 10.4. The lowest BCUT2D eigenvalue weighted by molar-refractivity contribution is 0.0685. The molecule has 2 N–H and O–H groups in total. The van der Waals surface area contributed by atoms with E-state index >= 15 is 0 Å². The molecule has 0 saturated heterocycles. The van der Waals surface area contributed by atoms with E-state index in [1.165, 1.54) is 35.5 Å². The second-order valence-electron chi connectivity index (χ2n) is 5.03. The number of carbonyl (C=O) groups is 2. The summed E-state index contributed by atoms with van der Waals surface area (Å²) >= 11 is 0. The predicted octanol–water partition coefficient (Wildman–Crippen LogP) is 1.81. The number of rotatable bonds is 5. The molecule has 126 valence electrons. The minimum atomic E-state index is -1.35. The molecule has 1 aromatic carbocycles. The van der Waals surface area contributed by atoms with Crippen LogP contribution in [0.5, 0.6) is 0 Å². The third-order valence-electron chi connectivity index (χ3n) is 3.30. The molecular formula is C16H12FN5O3. The van der Waals surface area contributed by atoms with E-state index in [9.17, 15) is 14.0 Å². The second-order valence-corrected chi connectivity index (χ2v) is 5.03. The van der Waals surface area contributed by atoms with Crippen molar-refractivity contribution in [3.63, 3.8) is 0 Å². The Morgan fingerprint density at radius 3 is 2.60 bits per heavy atom. The van der Waals surface area contributed by atoms with E-state index < -0.39 is 17.6 Å². The van der Waals surface area contributed by atoms with Crippen molar-refractivity contribution in [3.8, 4) is 0 Å². The number of carboxylic acids is 1. The van der Waals surface area contributed by atoms with Crippen LogP contribution in [-0.2, 0) is 6.54 Å². The molecule has 0 radical (unpaired) electrons. The highest BCUT2D eigenvalue weighted by atomic mass is 19.1. The monoisotopic (exact) mass is 341 g/mol. The van der Waals surface area contributed by atoms with Gasteiger partial charge in [-0.05, 0) is 6.07 Å². The first-order valence-corrected chi connectivity index (χ1v) is 7.16. The molecule has 0 aliphatic heterocycles. The highest BCUT2D eigenvalue weighted by Gasteiger charge is 2.19. The molecule has 25 heavy (non-hydrogen) atoms. The van der Waals surface area contributed by atoms with Crippen LogP contribution in [0.3, 0.4) is 0 Å². The lowest BCUT2D eigenvalue weighted by Crippen LogP contribution is -2.19. The van der Waals surface area contributed by atoms with E-state index in [2.05, 4.69) is 20.4 Å². The number of aromatic carboxylic acids is 1. The van der Waals surface area contributed by atoms with Crippen LogP contribution < -0.4 is 5.32 Å². The summed E-state index contributed by atoms with van der Waals surface area (Å²) < 4.78 is 15.1. The third-order valence-corrected chi connectivity index (χ3v) is 3.30. The lowest BCUT2D eigenvalue weighted by Gasteiger charge is -2.04. The Balaban J connectivity index is 1.75. The van der Waals surface area contributed by atoms with Crippen molar-refractivity contribution in [2.24, 2.45) is 0 Å². The Bertz CT molecular complexity index is 941. The van der Waals surface area contributed by atoms with Crippen molar-refractivity contribution in [2.45, 2.75) is 6.54 Å². The highest BCUT2D eigenvalue weighted by molar-refractivity contribution is 6.08. The van der Waals surface area contributed by atoms with Crippen LogP contribution in [0.1, 0.15) is 26.5 Å². The summed E-state index contributed by atoms with van der Waals surface area (Å²) in [5.74, 6) is -2.43. The van der Waals surface area contributed by atoms with Gasteiger partial charge in [-0.2, -0.15) is 5.10 Å². The minimum Gasteiger partial charge on any atom is -0.476 e. The molecule has 0 fully saturated rings. The fourth-order valence-corrected chi connectivity index (χ4v) is 2.17. The summed E-state index contributed by atoms with van der Waals surface area (Å²) in [6.07, 6.45) is 5.28. The Morgan fingerprint density at radius 1 is 1.16 bits per heavy atom. The van der Waals surface area contributed by atoms with Gasteiger partial charge in [0, 0.05) is 24.2 Å². The standard InChI is InChI=1S/C16H12FN5O3/c17-12-4-2-1-3-10(12)8-22-9-11(7-20-22)21-15(23)13-14(16(24)25)19-6-5-18-13/h1-7,9H,8H2,(H,21,23)(H,24,25). The Kier molecular flexibility index (Phi) is 4.46. The molecule has 3 aromatic rings. The molecule has 1 amide bonds. The van der Waals surface area contributed by atoms with Crippen molar-refractivity contribution in [2.75, 3.05) is 5.32 Å². The van der Waals surface area contributed by atoms with Gasteiger partial charge in [-0.25, -0.2) is 19.2 Å². The largest absolute Gasteiger partial charge is 0.476 e. The number of halogens is 1. The van der Waals surface area contributed by atoms with Crippen LogP contribution in [-0.4, -0.2) is 36.7 Å². The molecule has 2 aromatic heterocycles. The Morgan fingerprint density at radius 2 is 1.88 bits per heavy atom. The number of benzene rings is 1. The SMILES string of the molecule is O=C(O)c1nccnc1C(=O)Nc1cnn(Cc2ccccc2F)c1. The number of amides is 1. The molecule has 0 aliphatic rings. The topological polar surface area (TPSA) is 110 Å². The molecule has 0 saturated carbocycles. The smallest absolute Gasteiger partial charge is 0.356 e. The quantitative estimate of drug-likeness (QED) is 0.732. The zero-order chi connectivity index (χ0) is 17.8. The maximum Gasteiger partial charge on any atom is 0.356 e. The number of nitrogens with zero attached hydrogens (tertiary/aromatic N) is 4. The minimum absolute atomic E-state index is 0.189. The highest BCUT2D eigenvalue weighted by Crippen LogP contribution is 2.12. The number of carboxylic acid groups (broad SMARTS) is 1.